The van der Waals surface area contributed by atoms with Gasteiger partial charge in [-0.15, -0.1) is 0 Å². The van der Waals surface area contributed by atoms with Gasteiger partial charge in [-0.1, -0.05) is 13.0 Å². The van der Waals surface area contributed by atoms with Crippen molar-refractivity contribution in [1.82, 2.24) is 19.9 Å². The summed E-state index contributed by atoms with van der Waals surface area (Å²) in [7, 11) is 0. The summed E-state index contributed by atoms with van der Waals surface area (Å²) in [6, 6.07) is 4.03. The van der Waals surface area contributed by atoms with Gasteiger partial charge in [0.2, 0.25) is 0 Å². The van der Waals surface area contributed by atoms with Crippen LogP contribution < -0.4 is 5.32 Å². The Hall–Kier alpha value is -1.68. The van der Waals surface area contributed by atoms with Gasteiger partial charge in [-0.3, -0.25) is 4.98 Å². The maximum atomic E-state index is 4.33. The molecule has 0 radical (unpaired) electrons. The van der Waals surface area contributed by atoms with E-state index in [9.17, 15) is 0 Å². The monoisotopic (exact) mass is 216 g/mol. The van der Waals surface area contributed by atoms with Crippen LogP contribution in [0.25, 0.3) is 0 Å². The van der Waals surface area contributed by atoms with E-state index >= 15 is 0 Å². The summed E-state index contributed by atoms with van der Waals surface area (Å²) in [6.07, 6.45) is 7.51. The number of hydrogen-bond acceptors (Lipinski definition) is 3. The smallest absolute Gasteiger partial charge is 0.122 e. The maximum Gasteiger partial charge on any atom is 0.122 e. The largest absolute Gasteiger partial charge is 0.329 e. The van der Waals surface area contributed by atoms with E-state index in [2.05, 4.69) is 32.8 Å². The van der Waals surface area contributed by atoms with Gasteiger partial charge in [0.15, 0.2) is 0 Å². The second kappa shape index (κ2) is 5.42. The number of imidazole rings is 1. The van der Waals surface area contributed by atoms with E-state index in [1.807, 2.05) is 24.7 Å². The molecule has 16 heavy (non-hydrogen) atoms. The van der Waals surface area contributed by atoms with E-state index in [-0.39, 0.29) is 0 Å². The molecule has 0 aromatic carbocycles. The zero-order valence-corrected chi connectivity index (χ0v) is 9.43. The van der Waals surface area contributed by atoms with Crippen LogP contribution in [0.15, 0.2) is 36.9 Å². The minimum Gasteiger partial charge on any atom is -0.329 e. The molecule has 2 rings (SSSR count). The predicted molar refractivity (Wildman–Crippen MR) is 62.9 cm³/mol. The molecule has 0 aliphatic heterocycles. The first-order chi connectivity index (χ1) is 7.90. The molecule has 0 aliphatic rings. The Kier molecular flexibility index (Phi) is 3.66. The number of pyridine rings is 1. The van der Waals surface area contributed by atoms with Crippen molar-refractivity contribution in [3.8, 4) is 0 Å². The van der Waals surface area contributed by atoms with Crippen LogP contribution in [-0.4, -0.2) is 21.1 Å². The van der Waals surface area contributed by atoms with E-state index in [4.69, 9.17) is 0 Å². The van der Waals surface area contributed by atoms with Gasteiger partial charge in [0.25, 0.3) is 0 Å². The molecule has 4 nitrogen and oxygen atoms in total. The van der Waals surface area contributed by atoms with Gasteiger partial charge in [-0.2, -0.15) is 0 Å². The Morgan fingerprint density at radius 3 is 3.06 bits per heavy atom. The fourth-order valence-corrected chi connectivity index (χ4v) is 1.58. The van der Waals surface area contributed by atoms with Gasteiger partial charge in [0, 0.05) is 24.8 Å². The summed E-state index contributed by atoms with van der Waals surface area (Å²) in [6.45, 7) is 4.69. The van der Waals surface area contributed by atoms with Gasteiger partial charge in [0.1, 0.15) is 5.82 Å². The molecule has 2 aromatic heterocycles. The fourth-order valence-electron chi connectivity index (χ4n) is 1.58. The third-order valence-corrected chi connectivity index (χ3v) is 2.41. The Morgan fingerprint density at radius 1 is 1.38 bits per heavy atom. The molecular formula is C12H16N4. The lowest BCUT2D eigenvalue weighted by molar-refractivity contribution is 0.639. The third-order valence-electron chi connectivity index (χ3n) is 2.41. The lowest BCUT2D eigenvalue weighted by Gasteiger charge is -2.07. The standard InChI is InChI=1S/C12H16N4/c1-2-13-9-12-15-6-7-16(12)10-11-4-3-5-14-8-11/h3-8,13H,2,9-10H2,1H3. The van der Waals surface area contributed by atoms with Crippen molar-refractivity contribution in [2.45, 2.75) is 20.0 Å². The van der Waals surface area contributed by atoms with Crippen LogP contribution in [0.1, 0.15) is 18.3 Å². The van der Waals surface area contributed by atoms with Crippen molar-refractivity contribution in [2.24, 2.45) is 0 Å². The van der Waals surface area contributed by atoms with Crippen LogP contribution in [0.2, 0.25) is 0 Å². The molecule has 0 aliphatic carbocycles. The van der Waals surface area contributed by atoms with Crippen LogP contribution in [0.3, 0.4) is 0 Å². The summed E-state index contributed by atoms with van der Waals surface area (Å²) in [5.41, 5.74) is 1.19. The fraction of sp³-hybridized carbons (Fsp3) is 0.333. The molecule has 0 fully saturated rings. The Morgan fingerprint density at radius 2 is 2.31 bits per heavy atom. The molecule has 2 heterocycles. The first-order valence-corrected chi connectivity index (χ1v) is 5.49. The first-order valence-electron chi connectivity index (χ1n) is 5.49. The van der Waals surface area contributed by atoms with Crippen molar-refractivity contribution < 1.29 is 0 Å². The molecule has 0 saturated carbocycles. The average molecular weight is 216 g/mol. The summed E-state index contributed by atoms with van der Waals surface area (Å²) in [5.74, 6) is 1.06. The molecule has 0 atom stereocenters. The minimum absolute atomic E-state index is 0.809. The van der Waals surface area contributed by atoms with Gasteiger partial charge in [0.05, 0.1) is 13.1 Å². The normalized spacial score (nSPS) is 10.6. The number of aromatic nitrogens is 3. The molecule has 1 N–H and O–H groups in total. The molecule has 2 aromatic rings. The quantitative estimate of drug-likeness (QED) is 0.822. The third kappa shape index (κ3) is 2.67. The number of nitrogens with zero attached hydrogens (tertiary/aromatic N) is 3. The first kappa shape index (κ1) is 10.8. The molecule has 84 valence electrons. The van der Waals surface area contributed by atoms with Crippen molar-refractivity contribution in [3.63, 3.8) is 0 Å². The van der Waals surface area contributed by atoms with Gasteiger partial charge < -0.3 is 9.88 Å². The van der Waals surface area contributed by atoms with Gasteiger partial charge in [-0.25, -0.2) is 4.98 Å². The number of nitrogens with one attached hydrogen (secondary N) is 1. The number of rotatable bonds is 5. The topological polar surface area (TPSA) is 42.7 Å². The summed E-state index contributed by atoms with van der Waals surface area (Å²) >= 11 is 0. The van der Waals surface area contributed by atoms with Crippen LogP contribution in [0.5, 0.6) is 0 Å². The Balaban J connectivity index is 2.07. The second-order valence-corrected chi connectivity index (χ2v) is 3.61. The average Bonchev–Trinajstić information content (AvgIpc) is 2.75. The van der Waals surface area contributed by atoms with Crippen molar-refractivity contribution in [1.29, 1.82) is 0 Å². The highest BCUT2D eigenvalue weighted by molar-refractivity contribution is 5.10. The van der Waals surface area contributed by atoms with Crippen LogP contribution in [0, 0.1) is 0 Å². The van der Waals surface area contributed by atoms with Crippen LogP contribution in [-0.2, 0) is 13.1 Å². The van der Waals surface area contributed by atoms with Crippen molar-refractivity contribution >= 4 is 0 Å². The van der Waals surface area contributed by atoms with Gasteiger partial charge in [-0.05, 0) is 18.2 Å². The SMILES string of the molecule is CCNCc1nccn1Cc1cccnc1. The Labute approximate surface area is 95.4 Å². The van der Waals surface area contributed by atoms with Crippen molar-refractivity contribution in [2.75, 3.05) is 6.54 Å². The van der Waals surface area contributed by atoms with Crippen molar-refractivity contribution in [3.05, 3.63) is 48.3 Å². The zero-order valence-electron chi connectivity index (χ0n) is 9.43. The highest BCUT2D eigenvalue weighted by Crippen LogP contribution is 2.03. The van der Waals surface area contributed by atoms with E-state index in [1.54, 1.807) is 6.20 Å². The molecule has 0 bridgehead atoms. The van der Waals surface area contributed by atoms with Crippen LogP contribution in [0.4, 0.5) is 0 Å². The molecular weight excluding hydrogens is 200 g/mol. The van der Waals surface area contributed by atoms with E-state index in [1.165, 1.54) is 5.56 Å². The summed E-state index contributed by atoms with van der Waals surface area (Å²) < 4.78 is 2.14. The maximum absolute atomic E-state index is 4.33. The minimum atomic E-state index is 0.809. The molecule has 0 amide bonds. The lowest BCUT2D eigenvalue weighted by atomic mass is 10.3. The predicted octanol–water partition coefficient (Wildman–Crippen LogP) is 1.44. The molecule has 4 heteroatoms. The molecule has 0 saturated heterocycles. The van der Waals surface area contributed by atoms with E-state index < -0.39 is 0 Å². The summed E-state index contributed by atoms with van der Waals surface area (Å²) in [4.78, 5) is 8.44. The molecule has 0 spiro atoms. The second-order valence-electron chi connectivity index (χ2n) is 3.61. The summed E-state index contributed by atoms with van der Waals surface area (Å²) in [5, 5.41) is 3.28. The van der Waals surface area contributed by atoms with E-state index in [0.29, 0.717) is 0 Å². The highest BCUT2D eigenvalue weighted by atomic mass is 15.1. The highest BCUT2D eigenvalue weighted by Gasteiger charge is 2.02. The van der Waals surface area contributed by atoms with Crippen LogP contribution >= 0.6 is 0 Å². The number of hydrogen-bond donors (Lipinski definition) is 1. The lowest BCUT2D eigenvalue weighted by Crippen LogP contribution is -2.16. The Bertz CT molecular complexity index is 422. The zero-order chi connectivity index (χ0) is 11.2. The van der Waals surface area contributed by atoms with E-state index in [0.717, 1.165) is 25.5 Å². The molecule has 0 unspecified atom stereocenters. The van der Waals surface area contributed by atoms with Gasteiger partial charge >= 0.3 is 0 Å².